The van der Waals surface area contributed by atoms with E-state index in [4.69, 9.17) is 0 Å². The van der Waals surface area contributed by atoms with Gasteiger partial charge in [-0.15, -0.1) is 0 Å². The Bertz CT molecular complexity index is 977. The topological polar surface area (TPSA) is 113 Å². The van der Waals surface area contributed by atoms with Crippen molar-refractivity contribution in [1.82, 2.24) is 15.1 Å². The highest BCUT2D eigenvalue weighted by atomic mass is 16.6. The van der Waals surface area contributed by atoms with Gasteiger partial charge >= 0.3 is 6.03 Å². The van der Waals surface area contributed by atoms with Crippen LogP contribution in [0.1, 0.15) is 25.0 Å². The molecule has 0 unspecified atom stereocenters. The number of nitro benzene ring substituents is 1. The zero-order chi connectivity index (χ0) is 21.9. The molecule has 0 bridgehead atoms. The number of likely N-dealkylation sites (N-methyl/N-ethyl adjacent to an activating group) is 1. The molecule has 1 N–H and O–H groups in total. The first-order valence-corrected chi connectivity index (χ1v) is 9.47. The molecule has 9 heteroatoms. The van der Waals surface area contributed by atoms with Crippen LogP contribution in [0.2, 0.25) is 0 Å². The highest BCUT2D eigenvalue weighted by molar-refractivity contribution is 6.09. The van der Waals surface area contributed by atoms with Crippen molar-refractivity contribution in [3.05, 3.63) is 75.8 Å². The van der Waals surface area contributed by atoms with E-state index in [0.29, 0.717) is 18.7 Å². The lowest BCUT2D eigenvalue weighted by molar-refractivity contribution is -0.384. The van der Waals surface area contributed by atoms with Crippen molar-refractivity contribution in [3.63, 3.8) is 0 Å². The van der Waals surface area contributed by atoms with Crippen LogP contribution in [0.5, 0.6) is 0 Å². The van der Waals surface area contributed by atoms with Crippen molar-refractivity contribution in [1.29, 1.82) is 0 Å². The molecule has 1 atom stereocenters. The number of rotatable bonds is 7. The predicted octanol–water partition coefficient (Wildman–Crippen LogP) is 2.41. The van der Waals surface area contributed by atoms with Crippen LogP contribution in [0, 0.1) is 10.1 Å². The summed E-state index contributed by atoms with van der Waals surface area (Å²) in [6, 6.07) is 14.1. The van der Waals surface area contributed by atoms with E-state index in [0.717, 1.165) is 10.5 Å². The Hall–Kier alpha value is -3.75. The van der Waals surface area contributed by atoms with Gasteiger partial charge in [0.15, 0.2) is 0 Å². The highest BCUT2D eigenvalue weighted by Crippen LogP contribution is 2.30. The lowest BCUT2D eigenvalue weighted by Gasteiger charge is -2.24. The first-order chi connectivity index (χ1) is 14.3. The van der Waals surface area contributed by atoms with Gasteiger partial charge in [-0.3, -0.25) is 24.6 Å². The molecule has 156 valence electrons. The molecule has 9 nitrogen and oxygen atoms in total. The molecule has 1 heterocycles. The molecule has 3 rings (SSSR count). The van der Waals surface area contributed by atoms with Gasteiger partial charge in [0.05, 0.1) is 4.92 Å². The van der Waals surface area contributed by atoms with E-state index in [1.807, 2.05) is 37.3 Å². The monoisotopic (exact) mass is 410 g/mol. The fourth-order valence-electron chi connectivity index (χ4n) is 3.37. The van der Waals surface area contributed by atoms with Gasteiger partial charge in [0.1, 0.15) is 12.1 Å². The molecule has 1 aliphatic rings. The number of hydrogen-bond donors (Lipinski definition) is 1. The largest absolute Gasteiger partial charge is 0.337 e. The lowest BCUT2D eigenvalue weighted by Crippen LogP contribution is -2.44. The van der Waals surface area contributed by atoms with Crippen molar-refractivity contribution in [3.8, 4) is 0 Å². The molecule has 0 spiro atoms. The fourth-order valence-corrected chi connectivity index (χ4v) is 3.37. The Balaban J connectivity index is 1.75. The Labute approximate surface area is 173 Å². The van der Waals surface area contributed by atoms with Crippen LogP contribution in [0.25, 0.3) is 0 Å². The third kappa shape index (κ3) is 4.00. The normalized spacial score (nSPS) is 18.3. The Kier molecular flexibility index (Phi) is 5.81. The summed E-state index contributed by atoms with van der Waals surface area (Å²) in [5, 5.41) is 13.4. The third-order valence-electron chi connectivity index (χ3n) is 5.17. The van der Waals surface area contributed by atoms with E-state index in [1.54, 1.807) is 4.90 Å². The maximum Gasteiger partial charge on any atom is 0.325 e. The van der Waals surface area contributed by atoms with Gasteiger partial charge in [-0.25, -0.2) is 4.79 Å². The van der Waals surface area contributed by atoms with Gasteiger partial charge in [-0.1, -0.05) is 30.3 Å². The Morgan fingerprint density at radius 3 is 2.33 bits per heavy atom. The van der Waals surface area contributed by atoms with Gasteiger partial charge in [-0.2, -0.15) is 0 Å². The van der Waals surface area contributed by atoms with Gasteiger partial charge in [0.25, 0.3) is 11.6 Å². The first kappa shape index (κ1) is 21.0. The minimum atomic E-state index is -1.40. The molecular formula is C21H22N4O5. The Morgan fingerprint density at radius 1 is 1.13 bits per heavy atom. The molecule has 2 aromatic rings. The summed E-state index contributed by atoms with van der Waals surface area (Å²) < 4.78 is 0. The summed E-state index contributed by atoms with van der Waals surface area (Å²) in [5.74, 6) is -0.928. The van der Waals surface area contributed by atoms with Crippen molar-refractivity contribution in [2.24, 2.45) is 0 Å². The zero-order valence-corrected chi connectivity index (χ0v) is 16.7. The third-order valence-corrected chi connectivity index (χ3v) is 5.17. The smallest absolute Gasteiger partial charge is 0.325 e. The number of hydrogen-bond acceptors (Lipinski definition) is 5. The van der Waals surface area contributed by atoms with Gasteiger partial charge in [0.2, 0.25) is 5.91 Å². The van der Waals surface area contributed by atoms with Crippen LogP contribution in [-0.4, -0.2) is 45.7 Å². The Morgan fingerprint density at radius 2 is 1.77 bits per heavy atom. The van der Waals surface area contributed by atoms with E-state index in [1.165, 1.54) is 31.2 Å². The van der Waals surface area contributed by atoms with Crippen LogP contribution in [-0.2, 0) is 21.7 Å². The summed E-state index contributed by atoms with van der Waals surface area (Å²) >= 11 is 0. The van der Waals surface area contributed by atoms with Crippen LogP contribution in [0.4, 0.5) is 10.5 Å². The molecule has 1 aliphatic heterocycles. The summed E-state index contributed by atoms with van der Waals surface area (Å²) in [5.41, 5.74) is -0.174. The van der Waals surface area contributed by atoms with E-state index in [-0.39, 0.29) is 18.1 Å². The molecule has 0 aliphatic carbocycles. The molecule has 0 radical (unpaired) electrons. The lowest BCUT2D eigenvalue weighted by atomic mass is 9.92. The van der Waals surface area contributed by atoms with Crippen LogP contribution < -0.4 is 5.32 Å². The van der Waals surface area contributed by atoms with Gasteiger partial charge in [0, 0.05) is 25.2 Å². The second-order valence-corrected chi connectivity index (χ2v) is 7.14. The maximum absolute atomic E-state index is 13.0. The molecule has 0 aromatic heterocycles. The van der Waals surface area contributed by atoms with Crippen molar-refractivity contribution in [2.45, 2.75) is 25.9 Å². The molecule has 30 heavy (non-hydrogen) atoms. The van der Waals surface area contributed by atoms with Crippen LogP contribution in [0.3, 0.4) is 0 Å². The number of amides is 4. The quantitative estimate of drug-likeness (QED) is 0.428. The average Bonchev–Trinajstić information content (AvgIpc) is 2.96. The van der Waals surface area contributed by atoms with E-state index in [9.17, 15) is 24.5 Å². The number of benzene rings is 2. The average molecular weight is 410 g/mol. The number of carbonyl (C=O) groups is 3. The second kappa shape index (κ2) is 8.32. The van der Waals surface area contributed by atoms with Crippen LogP contribution >= 0.6 is 0 Å². The number of urea groups is 1. The molecule has 0 saturated carbocycles. The maximum atomic E-state index is 13.0. The second-order valence-electron chi connectivity index (χ2n) is 7.14. The van der Waals surface area contributed by atoms with E-state index >= 15 is 0 Å². The minimum Gasteiger partial charge on any atom is -0.337 e. The highest BCUT2D eigenvalue weighted by Gasteiger charge is 2.49. The van der Waals surface area contributed by atoms with Crippen molar-refractivity contribution >= 4 is 23.5 Å². The van der Waals surface area contributed by atoms with E-state index < -0.39 is 22.4 Å². The molecular weight excluding hydrogens is 388 g/mol. The number of nitrogens with zero attached hydrogens (tertiary/aromatic N) is 3. The van der Waals surface area contributed by atoms with Crippen molar-refractivity contribution in [2.75, 3.05) is 13.1 Å². The SMILES string of the molecule is CCN(Cc1ccccc1)C(=O)CN1C(=O)N[C@@](C)(c2ccc([N+](=O)[O-])cc2)C1=O. The number of nitro groups is 1. The number of non-ortho nitro benzene ring substituents is 1. The number of imide groups is 1. The fraction of sp³-hybridized carbons (Fsp3) is 0.286. The van der Waals surface area contributed by atoms with Crippen LogP contribution in [0.15, 0.2) is 54.6 Å². The zero-order valence-electron chi connectivity index (χ0n) is 16.7. The van der Waals surface area contributed by atoms with Gasteiger partial charge in [-0.05, 0) is 37.1 Å². The number of carbonyl (C=O) groups excluding carboxylic acids is 3. The first-order valence-electron chi connectivity index (χ1n) is 9.47. The molecule has 4 amide bonds. The molecule has 1 fully saturated rings. The minimum absolute atomic E-state index is 0.120. The molecule has 2 aromatic carbocycles. The van der Waals surface area contributed by atoms with E-state index in [2.05, 4.69) is 5.32 Å². The summed E-state index contributed by atoms with van der Waals surface area (Å²) in [7, 11) is 0. The standard InChI is InChI=1S/C21H22N4O5/c1-3-23(13-15-7-5-4-6-8-15)18(26)14-24-19(27)21(2,22-20(24)28)16-9-11-17(12-10-16)25(29)30/h4-12H,3,13-14H2,1-2H3,(H,22,28)/t21-/m0/s1. The summed E-state index contributed by atoms with van der Waals surface area (Å²) in [6.45, 7) is 3.76. The number of nitrogens with one attached hydrogen (secondary N) is 1. The van der Waals surface area contributed by atoms with Crippen molar-refractivity contribution < 1.29 is 19.3 Å². The summed E-state index contributed by atoms with van der Waals surface area (Å²) in [4.78, 5) is 51.0. The predicted molar refractivity (Wildman–Crippen MR) is 108 cm³/mol. The molecule has 1 saturated heterocycles. The van der Waals surface area contributed by atoms with Gasteiger partial charge < -0.3 is 10.2 Å². The summed E-state index contributed by atoms with van der Waals surface area (Å²) in [6.07, 6.45) is 0.